The molecule has 0 aliphatic rings. The summed E-state index contributed by atoms with van der Waals surface area (Å²) in [6, 6.07) is 7.32. The Kier molecular flexibility index (Phi) is 7.22. The van der Waals surface area contributed by atoms with Crippen LogP contribution in [0.4, 0.5) is 5.69 Å². The van der Waals surface area contributed by atoms with Gasteiger partial charge in [0.1, 0.15) is 0 Å². The molecule has 0 aliphatic carbocycles. The molecule has 1 rings (SSSR count). The first-order valence-electron chi connectivity index (χ1n) is 7.07. The molecule has 0 saturated heterocycles. The predicted molar refractivity (Wildman–Crippen MR) is 81.4 cm³/mol. The second-order valence-corrected chi connectivity index (χ2v) is 4.78. The fourth-order valence-electron chi connectivity index (χ4n) is 2.09. The first-order valence-corrected chi connectivity index (χ1v) is 7.07. The van der Waals surface area contributed by atoms with Crippen molar-refractivity contribution >= 4 is 11.6 Å². The van der Waals surface area contributed by atoms with Crippen molar-refractivity contribution in [2.75, 3.05) is 25.0 Å². The molecular weight excluding hydrogens is 254 g/mol. The van der Waals surface area contributed by atoms with E-state index in [-0.39, 0.29) is 18.6 Å². The number of carbonyl (C=O) groups excluding carboxylic acids is 1. The Morgan fingerprint density at radius 2 is 2.25 bits per heavy atom. The standard InChI is InChI=1S/C15H25N3O2/c1-3-18(8-5-9-19)12(2)15(20)17-14-7-4-6-13(10-14)11-16/h4,6-7,10,12,19H,3,5,8-9,11,16H2,1-2H3,(H,17,20). The van der Waals surface area contributed by atoms with E-state index in [4.69, 9.17) is 10.8 Å². The minimum atomic E-state index is -0.229. The lowest BCUT2D eigenvalue weighted by molar-refractivity contribution is -0.120. The van der Waals surface area contributed by atoms with Crippen LogP contribution in [-0.4, -0.2) is 41.7 Å². The molecule has 0 radical (unpaired) electrons. The van der Waals surface area contributed by atoms with Crippen molar-refractivity contribution < 1.29 is 9.90 Å². The van der Waals surface area contributed by atoms with Crippen molar-refractivity contribution in [2.24, 2.45) is 5.73 Å². The van der Waals surface area contributed by atoms with Crippen LogP contribution in [0.1, 0.15) is 25.8 Å². The summed E-state index contributed by atoms with van der Waals surface area (Å²) in [4.78, 5) is 14.3. The van der Waals surface area contributed by atoms with Gasteiger partial charge < -0.3 is 16.2 Å². The number of rotatable bonds is 8. The van der Waals surface area contributed by atoms with Crippen molar-refractivity contribution in [1.82, 2.24) is 4.90 Å². The second-order valence-electron chi connectivity index (χ2n) is 4.78. The minimum Gasteiger partial charge on any atom is -0.396 e. The second kappa shape index (κ2) is 8.68. The number of likely N-dealkylation sites (N-methyl/N-ethyl adjacent to an activating group) is 1. The molecule has 0 aliphatic heterocycles. The molecule has 112 valence electrons. The molecule has 1 amide bonds. The first kappa shape index (κ1) is 16.6. The zero-order valence-electron chi connectivity index (χ0n) is 12.3. The van der Waals surface area contributed by atoms with Crippen LogP contribution in [0.2, 0.25) is 0 Å². The normalized spacial score (nSPS) is 12.4. The molecular formula is C15H25N3O2. The van der Waals surface area contributed by atoms with Crippen LogP contribution in [0, 0.1) is 0 Å². The maximum Gasteiger partial charge on any atom is 0.241 e. The third kappa shape index (κ3) is 4.92. The number of benzene rings is 1. The van der Waals surface area contributed by atoms with Crippen LogP contribution >= 0.6 is 0 Å². The van der Waals surface area contributed by atoms with Gasteiger partial charge in [0.2, 0.25) is 5.91 Å². The van der Waals surface area contributed by atoms with Gasteiger partial charge >= 0.3 is 0 Å². The van der Waals surface area contributed by atoms with Crippen molar-refractivity contribution in [3.8, 4) is 0 Å². The molecule has 1 aromatic carbocycles. The van der Waals surface area contributed by atoms with E-state index in [1.165, 1.54) is 0 Å². The quantitative estimate of drug-likeness (QED) is 0.667. The smallest absolute Gasteiger partial charge is 0.241 e. The first-order chi connectivity index (χ1) is 9.62. The molecule has 1 unspecified atom stereocenters. The van der Waals surface area contributed by atoms with Gasteiger partial charge in [-0.2, -0.15) is 0 Å². The van der Waals surface area contributed by atoms with Gasteiger partial charge in [0, 0.05) is 25.4 Å². The van der Waals surface area contributed by atoms with Crippen LogP contribution < -0.4 is 11.1 Å². The highest BCUT2D eigenvalue weighted by Crippen LogP contribution is 2.12. The Bertz CT molecular complexity index is 423. The number of amides is 1. The Morgan fingerprint density at radius 1 is 1.50 bits per heavy atom. The van der Waals surface area contributed by atoms with Crippen molar-refractivity contribution in [3.63, 3.8) is 0 Å². The van der Waals surface area contributed by atoms with Gasteiger partial charge in [-0.25, -0.2) is 0 Å². The van der Waals surface area contributed by atoms with Crippen LogP contribution in [0.5, 0.6) is 0 Å². The van der Waals surface area contributed by atoms with E-state index in [2.05, 4.69) is 5.32 Å². The Balaban J connectivity index is 2.63. The molecule has 0 spiro atoms. The van der Waals surface area contributed by atoms with Gasteiger partial charge in [-0.1, -0.05) is 19.1 Å². The summed E-state index contributed by atoms with van der Waals surface area (Å²) in [5, 5.41) is 11.8. The Morgan fingerprint density at radius 3 is 2.85 bits per heavy atom. The monoisotopic (exact) mass is 279 g/mol. The van der Waals surface area contributed by atoms with E-state index in [0.717, 1.165) is 17.8 Å². The molecule has 20 heavy (non-hydrogen) atoms. The fraction of sp³-hybridized carbons (Fsp3) is 0.533. The molecule has 0 saturated carbocycles. The maximum absolute atomic E-state index is 12.2. The number of aliphatic hydroxyl groups excluding tert-OH is 1. The topological polar surface area (TPSA) is 78.6 Å². The highest BCUT2D eigenvalue weighted by atomic mass is 16.3. The number of aliphatic hydroxyl groups is 1. The number of hydrogen-bond donors (Lipinski definition) is 3. The fourth-order valence-corrected chi connectivity index (χ4v) is 2.09. The van der Waals surface area contributed by atoms with Crippen LogP contribution in [0.15, 0.2) is 24.3 Å². The molecule has 5 nitrogen and oxygen atoms in total. The zero-order chi connectivity index (χ0) is 15.0. The maximum atomic E-state index is 12.2. The molecule has 4 N–H and O–H groups in total. The van der Waals surface area contributed by atoms with Crippen molar-refractivity contribution in [1.29, 1.82) is 0 Å². The molecule has 5 heteroatoms. The molecule has 0 bridgehead atoms. The highest BCUT2D eigenvalue weighted by molar-refractivity contribution is 5.94. The summed E-state index contributed by atoms with van der Waals surface area (Å²) in [6.45, 7) is 5.97. The average Bonchev–Trinajstić information content (AvgIpc) is 2.47. The van der Waals surface area contributed by atoms with Gasteiger partial charge in [0.15, 0.2) is 0 Å². The number of nitrogens with zero attached hydrogens (tertiary/aromatic N) is 1. The number of carbonyl (C=O) groups is 1. The zero-order valence-corrected chi connectivity index (χ0v) is 12.3. The molecule has 0 aromatic heterocycles. The number of nitrogens with one attached hydrogen (secondary N) is 1. The lowest BCUT2D eigenvalue weighted by atomic mass is 10.2. The highest BCUT2D eigenvalue weighted by Gasteiger charge is 2.19. The van der Waals surface area contributed by atoms with Gasteiger partial charge in [0.05, 0.1) is 6.04 Å². The molecule has 0 fully saturated rings. The van der Waals surface area contributed by atoms with E-state index in [9.17, 15) is 4.79 Å². The predicted octanol–water partition coefficient (Wildman–Crippen LogP) is 1.18. The molecule has 0 heterocycles. The summed E-state index contributed by atoms with van der Waals surface area (Å²) in [7, 11) is 0. The van der Waals surface area contributed by atoms with E-state index in [1.54, 1.807) is 0 Å². The van der Waals surface area contributed by atoms with Crippen LogP contribution in [0.3, 0.4) is 0 Å². The van der Waals surface area contributed by atoms with E-state index >= 15 is 0 Å². The summed E-state index contributed by atoms with van der Waals surface area (Å²) >= 11 is 0. The summed E-state index contributed by atoms with van der Waals surface area (Å²) in [6.07, 6.45) is 0.675. The minimum absolute atomic E-state index is 0.0426. The summed E-state index contributed by atoms with van der Waals surface area (Å²) in [5.41, 5.74) is 7.34. The van der Waals surface area contributed by atoms with E-state index in [1.807, 2.05) is 43.0 Å². The van der Waals surface area contributed by atoms with E-state index < -0.39 is 0 Å². The lowest BCUT2D eigenvalue weighted by Crippen LogP contribution is -2.42. The number of hydrogen-bond acceptors (Lipinski definition) is 4. The number of nitrogens with two attached hydrogens (primary N) is 1. The SMILES string of the molecule is CCN(CCCO)C(C)C(=O)Nc1cccc(CN)c1. The van der Waals surface area contributed by atoms with Crippen molar-refractivity contribution in [3.05, 3.63) is 29.8 Å². The molecule has 1 atom stereocenters. The van der Waals surface area contributed by atoms with Gasteiger partial charge in [-0.05, 0) is 37.6 Å². The third-order valence-electron chi connectivity index (χ3n) is 3.37. The average molecular weight is 279 g/mol. The van der Waals surface area contributed by atoms with Gasteiger partial charge in [0.25, 0.3) is 0 Å². The molecule has 1 aromatic rings. The summed E-state index contributed by atoms with van der Waals surface area (Å²) < 4.78 is 0. The Labute approximate surface area is 120 Å². The van der Waals surface area contributed by atoms with Crippen LogP contribution in [0.25, 0.3) is 0 Å². The number of anilines is 1. The van der Waals surface area contributed by atoms with Crippen LogP contribution in [-0.2, 0) is 11.3 Å². The van der Waals surface area contributed by atoms with Gasteiger partial charge in [-0.15, -0.1) is 0 Å². The van der Waals surface area contributed by atoms with Gasteiger partial charge in [-0.3, -0.25) is 9.69 Å². The summed E-state index contributed by atoms with van der Waals surface area (Å²) in [5.74, 6) is -0.0426. The van der Waals surface area contributed by atoms with E-state index in [0.29, 0.717) is 19.5 Å². The third-order valence-corrected chi connectivity index (χ3v) is 3.37. The Hall–Kier alpha value is -1.43. The largest absolute Gasteiger partial charge is 0.396 e. The van der Waals surface area contributed by atoms with Crippen molar-refractivity contribution in [2.45, 2.75) is 32.9 Å². The lowest BCUT2D eigenvalue weighted by Gasteiger charge is -2.26.